The number of nitrogens with zero attached hydrogens (tertiary/aromatic N) is 1. The van der Waals surface area contributed by atoms with E-state index in [0.717, 1.165) is 47.3 Å². The first kappa shape index (κ1) is 25.2. The van der Waals surface area contributed by atoms with Crippen LogP contribution in [0.1, 0.15) is 110 Å². The minimum atomic E-state index is -0.264. The van der Waals surface area contributed by atoms with Gasteiger partial charge in [-0.2, -0.15) is 0 Å². The maximum absolute atomic E-state index is 13.7. The zero-order valence-corrected chi connectivity index (χ0v) is 22.5. The number of ether oxygens (including phenoxy) is 1. The first-order chi connectivity index (χ1) is 17.2. The zero-order valence-electron chi connectivity index (χ0n) is 22.5. The number of methoxy groups -OCH3 is 1. The van der Waals surface area contributed by atoms with Gasteiger partial charge in [-0.15, -0.1) is 0 Å². The maximum atomic E-state index is 13.7. The molecule has 3 aliphatic rings. The number of carbonyl (C=O) groups excluding carboxylic acids is 2. The Morgan fingerprint density at radius 3 is 2.47 bits per heavy atom. The molecule has 3 saturated carbocycles. The molecule has 0 amide bonds. The first-order valence-corrected chi connectivity index (χ1v) is 13.9. The molecule has 1 aromatic heterocycles. The molecule has 0 spiro atoms. The Kier molecular flexibility index (Phi) is 7.11. The van der Waals surface area contributed by atoms with Gasteiger partial charge in [-0.05, 0) is 87.7 Å². The van der Waals surface area contributed by atoms with Gasteiger partial charge in [0.25, 0.3) is 0 Å². The van der Waals surface area contributed by atoms with Crippen molar-refractivity contribution in [3.63, 3.8) is 0 Å². The van der Waals surface area contributed by atoms with Crippen LogP contribution in [-0.2, 0) is 20.7 Å². The molecule has 3 fully saturated rings. The number of hydrogen-bond acceptors (Lipinski definition) is 5. The normalized spacial score (nSPS) is 27.8. The molecule has 0 aliphatic heterocycles. The fourth-order valence-electron chi connectivity index (χ4n) is 6.89. The fourth-order valence-corrected chi connectivity index (χ4v) is 6.89. The molecule has 3 aliphatic carbocycles. The number of hydrogen-bond donors (Lipinski definition) is 0. The second kappa shape index (κ2) is 10.1. The molecule has 1 heterocycles. The third-order valence-electron chi connectivity index (χ3n) is 8.91. The van der Waals surface area contributed by atoms with Gasteiger partial charge < -0.3 is 9.26 Å². The predicted octanol–water partition coefficient (Wildman–Crippen LogP) is 6.80. The number of rotatable bonds is 9. The van der Waals surface area contributed by atoms with Crippen molar-refractivity contribution in [1.29, 1.82) is 0 Å². The highest BCUT2D eigenvalue weighted by Gasteiger charge is 2.48. The minimum absolute atomic E-state index is 0.0769. The minimum Gasteiger partial charge on any atom is -0.469 e. The molecule has 194 valence electrons. The van der Waals surface area contributed by atoms with Crippen LogP contribution in [0.5, 0.6) is 0 Å². The predicted molar refractivity (Wildman–Crippen MR) is 139 cm³/mol. The van der Waals surface area contributed by atoms with Crippen LogP contribution < -0.4 is 0 Å². The number of esters is 1. The molecule has 0 saturated heterocycles. The van der Waals surface area contributed by atoms with Gasteiger partial charge in [-0.3, -0.25) is 9.59 Å². The Hall–Kier alpha value is -2.43. The summed E-state index contributed by atoms with van der Waals surface area (Å²) in [6, 6.07) is 6.27. The van der Waals surface area contributed by atoms with Gasteiger partial charge in [0.15, 0.2) is 0 Å². The Bertz CT molecular complexity index is 1120. The van der Waals surface area contributed by atoms with Crippen molar-refractivity contribution in [2.24, 2.45) is 23.7 Å². The summed E-state index contributed by atoms with van der Waals surface area (Å²) in [4.78, 5) is 26.3. The number of aromatic nitrogens is 1. The van der Waals surface area contributed by atoms with Gasteiger partial charge in [-0.25, -0.2) is 0 Å². The summed E-state index contributed by atoms with van der Waals surface area (Å²) in [5.41, 5.74) is 5.66. The van der Waals surface area contributed by atoms with Crippen molar-refractivity contribution in [3.8, 4) is 0 Å². The lowest BCUT2D eigenvalue weighted by molar-refractivity contribution is -0.145. The van der Waals surface area contributed by atoms with Crippen LogP contribution in [0.4, 0.5) is 0 Å². The maximum Gasteiger partial charge on any atom is 0.308 e. The molecule has 0 N–H and O–H groups in total. The van der Waals surface area contributed by atoms with Gasteiger partial charge >= 0.3 is 5.97 Å². The summed E-state index contributed by atoms with van der Waals surface area (Å²) in [5.74, 6) is 2.94. The number of aryl methyl sites for hydroxylation is 2. The van der Waals surface area contributed by atoms with Crippen LogP contribution in [0.15, 0.2) is 22.7 Å². The van der Waals surface area contributed by atoms with E-state index in [1.807, 2.05) is 0 Å². The highest BCUT2D eigenvalue weighted by Crippen LogP contribution is 2.55. The highest BCUT2D eigenvalue weighted by molar-refractivity contribution is 5.86. The average molecular weight is 492 g/mol. The molecular formula is C31H41NO4. The molecule has 0 bridgehead atoms. The largest absolute Gasteiger partial charge is 0.469 e. The quantitative estimate of drug-likeness (QED) is 0.361. The van der Waals surface area contributed by atoms with E-state index in [4.69, 9.17) is 9.26 Å². The van der Waals surface area contributed by atoms with E-state index < -0.39 is 0 Å². The smallest absolute Gasteiger partial charge is 0.308 e. The summed E-state index contributed by atoms with van der Waals surface area (Å²) in [5, 5.41) is 4.66. The highest BCUT2D eigenvalue weighted by atomic mass is 16.5. The van der Waals surface area contributed by atoms with E-state index in [2.05, 4.69) is 51.1 Å². The van der Waals surface area contributed by atoms with Crippen molar-refractivity contribution in [3.05, 3.63) is 51.9 Å². The Balaban J connectivity index is 1.41. The molecule has 1 aromatic carbocycles. The van der Waals surface area contributed by atoms with Crippen LogP contribution in [0.25, 0.3) is 0 Å². The lowest BCUT2D eigenvalue weighted by Gasteiger charge is -2.35. The van der Waals surface area contributed by atoms with Gasteiger partial charge in [0, 0.05) is 29.7 Å². The molecule has 5 nitrogen and oxygen atoms in total. The zero-order chi connectivity index (χ0) is 25.6. The first-order valence-electron chi connectivity index (χ1n) is 13.9. The third-order valence-corrected chi connectivity index (χ3v) is 8.91. The molecule has 5 rings (SSSR count). The summed E-state index contributed by atoms with van der Waals surface area (Å²) in [7, 11) is 1.44. The average Bonchev–Trinajstić information content (AvgIpc) is 3.40. The van der Waals surface area contributed by atoms with Crippen LogP contribution in [0, 0.1) is 37.5 Å². The SMILES string of the molecule is COC(=O)C1CC(c2noc(C3CC(CC(C)C)C3)c2C2CC2)[C@@H](C(=O)Cc2ccc(C)cc2C)C1. The Labute approximate surface area is 215 Å². The van der Waals surface area contributed by atoms with Gasteiger partial charge in [0.2, 0.25) is 0 Å². The molecule has 36 heavy (non-hydrogen) atoms. The van der Waals surface area contributed by atoms with Crippen LogP contribution in [-0.4, -0.2) is 24.0 Å². The number of ketones is 1. The molecule has 0 radical (unpaired) electrons. The van der Waals surface area contributed by atoms with Crippen LogP contribution in [0.3, 0.4) is 0 Å². The van der Waals surface area contributed by atoms with E-state index >= 15 is 0 Å². The summed E-state index contributed by atoms with van der Waals surface area (Å²) in [6.07, 6.45) is 7.50. The third kappa shape index (κ3) is 5.03. The van der Waals surface area contributed by atoms with Crippen molar-refractivity contribution in [2.45, 2.75) is 96.8 Å². The monoisotopic (exact) mass is 491 g/mol. The Morgan fingerprint density at radius 1 is 1.08 bits per heavy atom. The standard InChI is InChI=1S/C31H41NO4/c1-17(2)10-20-12-23(13-20)30-28(21-8-9-21)29(32-36-30)26-15-24(31(34)35-5)14-25(26)27(33)16-22-7-6-18(3)11-19(22)4/h6-7,11,17,20-21,23-26H,8-10,12-16H2,1-5H3/t20?,23?,24?,25-,26?/m0/s1. The van der Waals surface area contributed by atoms with Crippen LogP contribution in [0.2, 0.25) is 0 Å². The van der Waals surface area contributed by atoms with Crippen molar-refractivity contribution in [2.75, 3.05) is 7.11 Å². The van der Waals surface area contributed by atoms with Crippen molar-refractivity contribution in [1.82, 2.24) is 5.16 Å². The molecular weight excluding hydrogens is 450 g/mol. The summed E-state index contributed by atoms with van der Waals surface area (Å²) in [6.45, 7) is 8.73. The van der Waals surface area contributed by atoms with E-state index in [1.165, 1.54) is 37.5 Å². The fraction of sp³-hybridized carbons (Fsp3) is 0.645. The van der Waals surface area contributed by atoms with E-state index in [9.17, 15) is 9.59 Å². The van der Waals surface area contributed by atoms with Crippen LogP contribution >= 0.6 is 0 Å². The van der Waals surface area contributed by atoms with E-state index in [-0.39, 0.29) is 29.5 Å². The van der Waals surface area contributed by atoms with E-state index in [1.54, 1.807) is 0 Å². The molecule has 5 heteroatoms. The second-order valence-electron chi connectivity index (χ2n) is 12.3. The molecule has 3 atom stereocenters. The number of benzene rings is 1. The van der Waals surface area contributed by atoms with Gasteiger partial charge in [0.05, 0.1) is 18.7 Å². The number of Topliss-reactive ketones (excluding diaryl/α,β-unsaturated/α-hetero) is 1. The van der Waals surface area contributed by atoms with Crippen molar-refractivity contribution >= 4 is 11.8 Å². The lowest BCUT2D eigenvalue weighted by Crippen LogP contribution is -2.24. The summed E-state index contributed by atoms with van der Waals surface area (Å²) >= 11 is 0. The van der Waals surface area contributed by atoms with Gasteiger partial charge in [0.1, 0.15) is 11.5 Å². The van der Waals surface area contributed by atoms with Gasteiger partial charge in [-0.1, -0.05) is 42.8 Å². The molecule has 2 unspecified atom stereocenters. The Morgan fingerprint density at radius 2 is 1.83 bits per heavy atom. The second-order valence-corrected chi connectivity index (χ2v) is 12.3. The summed E-state index contributed by atoms with van der Waals surface area (Å²) < 4.78 is 11.2. The van der Waals surface area contributed by atoms with E-state index in [0.29, 0.717) is 31.1 Å². The topological polar surface area (TPSA) is 69.4 Å². The van der Waals surface area contributed by atoms with Crippen molar-refractivity contribution < 1.29 is 18.8 Å². The lowest BCUT2D eigenvalue weighted by atomic mass is 9.69. The number of carbonyl (C=O) groups is 2. The molecule has 2 aromatic rings.